The average molecular weight is 352 g/mol. The number of fused-ring (bicyclic) bond motifs is 2. The summed E-state index contributed by atoms with van der Waals surface area (Å²) in [4.78, 5) is 16.8. The molecule has 3 N–H and O–H groups in total. The number of amides is 2. The number of primary sulfonamides is 1. The summed E-state index contributed by atoms with van der Waals surface area (Å²) in [5, 5.41) is 8.01. The number of hydrogen-bond donors (Lipinski definition) is 2. The van der Waals surface area contributed by atoms with E-state index in [9.17, 15) is 13.2 Å². The van der Waals surface area contributed by atoms with Crippen molar-refractivity contribution in [3.63, 3.8) is 0 Å². The van der Waals surface area contributed by atoms with E-state index in [1.165, 1.54) is 18.6 Å². The van der Waals surface area contributed by atoms with Crippen LogP contribution in [-0.4, -0.2) is 56.5 Å². The highest BCUT2D eigenvalue weighted by Gasteiger charge is 2.36. The van der Waals surface area contributed by atoms with E-state index >= 15 is 0 Å². The second kappa shape index (κ2) is 6.34. The van der Waals surface area contributed by atoms with Gasteiger partial charge >= 0.3 is 6.03 Å². The molecule has 2 fully saturated rings. The average Bonchev–Trinajstić information content (AvgIpc) is 2.73. The number of nitrogens with two attached hydrogens (primary N) is 1. The summed E-state index contributed by atoms with van der Waals surface area (Å²) in [6, 6.07) is 5.28. The quantitative estimate of drug-likeness (QED) is 0.840. The number of carbonyl (C=O) groups is 1. The summed E-state index contributed by atoms with van der Waals surface area (Å²) in [7, 11) is -1.67. The fraction of sp³-hybridized carbons (Fsp3) is 0.562. The van der Waals surface area contributed by atoms with Gasteiger partial charge in [-0.2, -0.15) is 0 Å². The highest BCUT2D eigenvalue weighted by molar-refractivity contribution is 7.89. The maximum Gasteiger partial charge on any atom is 0.321 e. The number of rotatable bonds is 2. The molecular formula is C16H24N4O3S. The van der Waals surface area contributed by atoms with Gasteiger partial charge in [-0.3, -0.25) is 4.90 Å². The normalized spacial score (nSPS) is 24.7. The lowest BCUT2D eigenvalue weighted by Crippen LogP contribution is -2.41. The lowest BCUT2D eigenvalue weighted by molar-refractivity contribution is 0.200. The molecule has 1 aromatic rings. The third-order valence-corrected chi connectivity index (χ3v) is 6.13. The Balaban J connectivity index is 1.75. The molecule has 2 saturated heterocycles. The number of carbonyl (C=O) groups excluding carboxylic acids is 1. The molecule has 0 aromatic heterocycles. The van der Waals surface area contributed by atoms with Gasteiger partial charge < -0.3 is 10.2 Å². The van der Waals surface area contributed by atoms with Crippen molar-refractivity contribution in [1.82, 2.24) is 9.80 Å². The van der Waals surface area contributed by atoms with E-state index in [0.29, 0.717) is 30.9 Å². The van der Waals surface area contributed by atoms with Gasteiger partial charge in [0.2, 0.25) is 10.0 Å². The van der Waals surface area contributed by atoms with Gasteiger partial charge in [-0.25, -0.2) is 18.4 Å². The molecular weight excluding hydrogens is 328 g/mol. The van der Waals surface area contributed by atoms with Crippen molar-refractivity contribution < 1.29 is 13.2 Å². The highest BCUT2D eigenvalue weighted by Crippen LogP contribution is 2.29. The van der Waals surface area contributed by atoms with Gasteiger partial charge in [0, 0.05) is 30.9 Å². The molecule has 2 amide bonds. The Bertz CT molecular complexity index is 750. The smallest absolute Gasteiger partial charge is 0.321 e. The van der Waals surface area contributed by atoms with Gasteiger partial charge in [0.15, 0.2) is 0 Å². The van der Waals surface area contributed by atoms with E-state index in [4.69, 9.17) is 5.14 Å². The molecule has 3 rings (SSSR count). The maximum atomic E-state index is 12.6. The number of urea groups is 1. The standard InChI is InChI=1S/C16H24N4O3S/c1-11-3-6-14(24(17,22)23)9-15(11)18-16(21)20-8-7-12-4-5-13(10-20)19(12)2/h3,6,9,12-13H,4-5,7-8,10H2,1-2H3,(H,18,21)(H2,17,22,23)/t12-,13+/m1/s1. The molecule has 2 atom stereocenters. The molecule has 8 heteroatoms. The molecule has 0 spiro atoms. The first-order chi connectivity index (χ1) is 11.3. The lowest BCUT2D eigenvalue weighted by atomic mass is 10.1. The van der Waals surface area contributed by atoms with E-state index in [1.54, 1.807) is 6.07 Å². The molecule has 0 unspecified atom stereocenters. The lowest BCUT2D eigenvalue weighted by Gasteiger charge is -2.26. The summed E-state index contributed by atoms with van der Waals surface area (Å²) in [5.74, 6) is 0. The number of aryl methyl sites for hydroxylation is 1. The molecule has 1 aromatic carbocycles. The van der Waals surface area contributed by atoms with Crippen LogP contribution in [0.1, 0.15) is 24.8 Å². The monoisotopic (exact) mass is 352 g/mol. The minimum absolute atomic E-state index is 0.00180. The van der Waals surface area contributed by atoms with Crippen LogP contribution in [0.3, 0.4) is 0 Å². The Morgan fingerprint density at radius 1 is 1.25 bits per heavy atom. The van der Waals surface area contributed by atoms with Crippen LogP contribution in [0.4, 0.5) is 10.5 Å². The van der Waals surface area contributed by atoms with Gasteiger partial charge in [0.05, 0.1) is 4.90 Å². The summed E-state index contributed by atoms with van der Waals surface area (Å²) in [6.07, 6.45) is 3.29. The van der Waals surface area contributed by atoms with Crippen molar-refractivity contribution in [1.29, 1.82) is 0 Å². The number of likely N-dealkylation sites (N-methyl/N-ethyl adjacent to an activating group) is 1. The van der Waals surface area contributed by atoms with Gasteiger partial charge in [-0.05, 0) is 50.9 Å². The minimum atomic E-state index is -3.79. The second-order valence-corrected chi connectivity index (χ2v) is 8.30. The summed E-state index contributed by atoms with van der Waals surface area (Å²) in [6.45, 7) is 3.23. The second-order valence-electron chi connectivity index (χ2n) is 6.74. The molecule has 2 bridgehead atoms. The zero-order chi connectivity index (χ0) is 17.5. The zero-order valence-corrected chi connectivity index (χ0v) is 14.8. The van der Waals surface area contributed by atoms with Crippen molar-refractivity contribution in [2.45, 2.75) is 43.2 Å². The number of sulfonamides is 1. The van der Waals surface area contributed by atoms with Crippen LogP contribution in [0, 0.1) is 6.92 Å². The first-order valence-electron chi connectivity index (χ1n) is 8.17. The first-order valence-corrected chi connectivity index (χ1v) is 9.71. The topological polar surface area (TPSA) is 95.7 Å². The van der Waals surface area contributed by atoms with Crippen LogP contribution in [0.25, 0.3) is 0 Å². The van der Waals surface area contributed by atoms with Gasteiger partial charge in [0.1, 0.15) is 0 Å². The van der Waals surface area contributed by atoms with Crippen molar-refractivity contribution in [2.24, 2.45) is 5.14 Å². The van der Waals surface area contributed by atoms with Crippen LogP contribution < -0.4 is 10.5 Å². The zero-order valence-electron chi connectivity index (χ0n) is 14.0. The van der Waals surface area contributed by atoms with Crippen molar-refractivity contribution in [3.05, 3.63) is 23.8 Å². The van der Waals surface area contributed by atoms with Crippen LogP contribution in [-0.2, 0) is 10.0 Å². The van der Waals surface area contributed by atoms with E-state index in [1.807, 2.05) is 11.8 Å². The minimum Gasteiger partial charge on any atom is -0.323 e. The Morgan fingerprint density at radius 3 is 2.67 bits per heavy atom. The van der Waals surface area contributed by atoms with Crippen molar-refractivity contribution in [3.8, 4) is 0 Å². The fourth-order valence-electron chi connectivity index (χ4n) is 3.60. The van der Waals surface area contributed by atoms with E-state index in [-0.39, 0.29) is 10.9 Å². The Labute approximate surface area is 142 Å². The predicted molar refractivity (Wildman–Crippen MR) is 92.3 cm³/mol. The molecule has 2 aliphatic heterocycles. The summed E-state index contributed by atoms with van der Waals surface area (Å²) in [5.41, 5.74) is 1.28. The summed E-state index contributed by atoms with van der Waals surface area (Å²) >= 11 is 0. The van der Waals surface area contributed by atoms with E-state index in [0.717, 1.165) is 18.4 Å². The molecule has 0 aliphatic carbocycles. The predicted octanol–water partition coefficient (Wildman–Crippen LogP) is 1.34. The summed E-state index contributed by atoms with van der Waals surface area (Å²) < 4.78 is 23.0. The largest absolute Gasteiger partial charge is 0.323 e. The van der Waals surface area contributed by atoms with Crippen molar-refractivity contribution in [2.75, 3.05) is 25.5 Å². The number of nitrogens with zero attached hydrogens (tertiary/aromatic N) is 2. The van der Waals surface area contributed by atoms with Gasteiger partial charge in [0.25, 0.3) is 0 Å². The highest BCUT2D eigenvalue weighted by atomic mass is 32.2. The maximum absolute atomic E-state index is 12.6. The molecule has 24 heavy (non-hydrogen) atoms. The van der Waals surface area contributed by atoms with Crippen LogP contribution in [0.2, 0.25) is 0 Å². The molecule has 0 saturated carbocycles. The number of hydrogen-bond acceptors (Lipinski definition) is 4. The Kier molecular flexibility index (Phi) is 4.54. The molecule has 7 nitrogen and oxygen atoms in total. The van der Waals surface area contributed by atoms with Gasteiger partial charge in [-0.1, -0.05) is 6.07 Å². The Hall–Kier alpha value is -1.64. The molecule has 2 heterocycles. The number of benzene rings is 1. The first kappa shape index (κ1) is 17.2. The van der Waals surface area contributed by atoms with E-state index in [2.05, 4.69) is 17.3 Å². The van der Waals surface area contributed by atoms with Gasteiger partial charge in [-0.15, -0.1) is 0 Å². The third kappa shape index (κ3) is 3.40. The van der Waals surface area contributed by atoms with Crippen LogP contribution >= 0.6 is 0 Å². The van der Waals surface area contributed by atoms with E-state index < -0.39 is 10.0 Å². The fourth-order valence-corrected chi connectivity index (χ4v) is 4.14. The van der Waals surface area contributed by atoms with Crippen molar-refractivity contribution >= 4 is 21.7 Å². The molecule has 132 valence electrons. The number of nitrogens with one attached hydrogen (secondary N) is 1. The van der Waals surface area contributed by atoms with Crippen LogP contribution in [0.15, 0.2) is 23.1 Å². The van der Waals surface area contributed by atoms with Crippen LogP contribution in [0.5, 0.6) is 0 Å². The number of likely N-dealkylation sites (tertiary alicyclic amines) is 1. The SMILES string of the molecule is Cc1ccc(S(N)(=O)=O)cc1NC(=O)N1CC[C@H]2CC[C@@H](C1)N2C. The third-order valence-electron chi connectivity index (χ3n) is 5.21. The molecule has 2 aliphatic rings. The number of anilines is 1. The molecule has 0 radical (unpaired) electrons. The Morgan fingerprint density at radius 2 is 1.96 bits per heavy atom.